The Kier molecular flexibility index (Phi) is 6.21. The van der Waals surface area contributed by atoms with Crippen molar-refractivity contribution >= 4 is 15.9 Å². The van der Waals surface area contributed by atoms with Crippen molar-refractivity contribution in [2.45, 2.75) is 51.6 Å². The number of nitrogens with one attached hydrogen (secondary N) is 2. The van der Waals surface area contributed by atoms with Crippen LogP contribution in [0.15, 0.2) is 47.4 Å². The second kappa shape index (κ2) is 8.01. The molecule has 0 spiro atoms. The normalized spacial score (nSPS) is 12.8. The SMILES string of the molecule is Cc1ccc(C)c(C(C)NC(=O)c2cccc(S(=O)(=O)NC(C)C)c2)c1. The highest BCUT2D eigenvalue weighted by Gasteiger charge is 2.18. The highest BCUT2D eigenvalue weighted by Crippen LogP contribution is 2.20. The number of amides is 1. The van der Waals surface area contributed by atoms with Crippen molar-refractivity contribution < 1.29 is 13.2 Å². The number of aryl methyl sites for hydroxylation is 2. The molecule has 26 heavy (non-hydrogen) atoms. The van der Waals surface area contributed by atoms with E-state index in [1.165, 1.54) is 12.1 Å². The summed E-state index contributed by atoms with van der Waals surface area (Å²) in [5, 5.41) is 2.95. The first-order chi connectivity index (χ1) is 12.1. The van der Waals surface area contributed by atoms with Gasteiger partial charge in [-0.05, 0) is 63.9 Å². The number of carbonyl (C=O) groups is 1. The summed E-state index contributed by atoms with van der Waals surface area (Å²) in [6, 6.07) is 11.8. The van der Waals surface area contributed by atoms with Crippen LogP contribution in [-0.2, 0) is 10.0 Å². The van der Waals surface area contributed by atoms with Crippen LogP contribution in [-0.4, -0.2) is 20.4 Å². The molecule has 2 rings (SSSR count). The molecule has 0 aliphatic carbocycles. The Morgan fingerprint density at radius 3 is 2.35 bits per heavy atom. The lowest BCUT2D eigenvalue weighted by Gasteiger charge is -2.18. The van der Waals surface area contributed by atoms with Crippen LogP contribution in [0.25, 0.3) is 0 Å². The van der Waals surface area contributed by atoms with Crippen molar-refractivity contribution in [3.63, 3.8) is 0 Å². The molecule has 5 nitrogen and oxygen atoms in total. The third-order valence-corrected chi connectivity index (χ3v) is 5.70. The number of carbonyl (C=O) groups excluding carboxylic acids is 1. The number of sulfonamides is 1. The zero-order valence-electron chi connectivity index (χ0n) is 15.8. The molecule has 1 unspecified atom stereocenters. The summed E-state index contributed by atoms with van der Waals surface area (Å²) in [5.41, 5.74) is 3.58. The maximum absolute atomic E-state index is 12.6. The van der Waals surface area contributed by atoms with Gasteiger partial charge < -0.3 is 5.32 Å². The van der Waals surface area contributed by atoms with Crippen molar-refractivity contribution in [2.75, 3.05) is 0 Å². The third-order valence-electron chi connectivity index (χ3n) is 4.05. The largest absolute Gasteiger partial charge is 0.346 e. The van der Waals surface area contributed by atoms with Gasteiger partial charge in [-0.15, -0.1) is 0 Å². The van der Waals surface area contributed by atoms with E-state index >= 15 is 0 Å². The summed E-state index contributed by atoms with van der Waals surface area (Å²) in [6.45, 7) is 9.43. The van der Waals surface area contributed by atoms with Gasteiger partial charge >= 0.3 is 0 Å². The number of hydrogen-bond acceptors (Lipinski definition) is 3. The maximum Gasteiger partial charge on any atom is 0.251 e. The van der Waals surface area contributed by atoms with Crippen LogP contribution in [0, 0.1) is 13.8 Å². The van der Waals surface area contributed by atoms with E-state index < -0.39 is 10.0 Å². The van der Waals surface area contributed by atoms with E-state index in [2.05, 4.69) is 10.0 Å². The van der Waals surface area contributed by atoms with Crippen molar-refractivity contribution in [3.8, 4) is 0 Å². The fourth-order valence-corrected chi connectivity index (χ4v) is 4.06. The molecule has 0 radical (unpaired) electrons. The molecule has 1 atom stereocenters. The lowest BCUT2D eigenvalue weighted by Crippen LogP contribution is -2.31. The maximum atomic E-state index is 12.6. The molecule has 0 heterocycles. The highest BCUT2D eigenvalue weighted by atomic mass is 32.2. The lowest BCUT2D eigenvalue weighted by atomic mass is 10.00. The topological polar surface area (TPSA) is 75.3 Å². The van der Waals surface area contributed by atoms with Gasteiger partial charge in [-0.2, -0.15) is 0 Å². The van der Waals surface area contributed by atoms with Crippen molar-refractivity contribution in [3.05, 3.63) is 64.7 Å². The molecule has 0 aromatic heterocycles. The van der Waals surface area contributed by atoms with E-state index in [4.69, 9.17) is 0 Å². The van der Waals surface area contributed by atoms with Crippen LogP contribution in [0.4, 0.5) is 0 Å². The number of rotatable bonds is 6. The second-order valence-electron chi connectivity index (χ2n) is 6.86. The van der Waals surface area contributed by atoms with Crippen LogP contribution in [0.1, 0.15) is 53.9 Å². The molecule has 0 saturated heterocycles. The monoisotopic (exact) mass is 374 g/mol. The second-order valence-corrected chi connectivity index (χ2v) is 8.57. The van der Waals surface area contributed by atoms with Gasteiger partial charge in [0.15, 0.2) is 0 Å². The minimum atomic E-state index is -3.64. The lowest BCUT2D eigenvalue weighted by molar-refractivity contribution is 0.0939. The van der Waals surface area contributed by atoms with E-state index in [0.717, 1.165) is 16.7 Å². The minimum Gasteiger partial charge on any atom is -0.346 e. The number of benzene rings is 2. The third kappa shape index (κ3) is 4.93. The fourth-order valence-electron chi connectivity index (χ4n) is 2.77. The predicted molar refractivity (Wildman–Crippen MR) is 104 cm³/mol. The highest BCUT2D eigenvalue weighted by molar-refractivity contribution is 7.89. The molecule has 0 bridgehead atoms. The van der Waals surface area contributed by atoms with Gasteiger partial charge in [-0.25, -0.2) is 13.1 Å². The van der Waals surface area contributed by atoms with Gasteiger partial charge in [-0.3, -0.25) is 4.79 Å². The van der Waals surface area contributed by atoms with Crippen LogP contribution in [0.5, 0.6) is 0 Å². The molecule has 0 aliphatic rings. The Balaban J connectivity index is 2.22. The van der Waals surface area contributed by atoms with Crippen LogP contribution < -0.4 is 10.0 Å². The Hall–Kier alpha value is -2.18. The molecule has 0 aliphatic heterocycles. The van der Waals surface area contributed by atoms with E-state index in [1.807, 2.05) is 39.0 Å². The summed E-state index contributed by atoms with van der Waals surface area (Å²) in [4.78, 5) is 12.7. The number of hydrogen-bond donors (Lipinski definition) is 2. The van der Waals surface area contributed by atoms with Crippen molar-refractivity contribution in [2.24, 2.45) is 0 Å². The van der Waals surface area contributed by atoms with E-state index in [-0.39, 0.29) is 22.9 Å². The van der Waals surface area contributed by atoms with Gasteiger partial charge in [0, 0.05) is 11.6 Å². The molecule has 0 fully saturated rings. The summed E-state index contributed by atoms with van der Waals surface area (Å²) < 4.78 is 27.1. The van der Waals surface area contributed by atoms with E-state index in [9.17, 15) is 13.2 Å². The van der Waals surface area contributed by atoms with Gasteiger partial charge in [0.2, 0.25) is 10.0 Å². The first kappa shape index (κ1) is 20.1. The van der Waals surface area contributed by atoms with E-state index in [0.29, 0.717) is 5.56 Å². The molecule has 6 heteroatoms. The van der Waals surface area contributed by atoms with Gasteiger partial charge in [-0.1, -0.05) is 29.8 Å². The Bertz CT molecular complexity index is 905. The molecular weight excluding hydrogens is 348 g/mol. The average molecular weight is 375 g/mol. The average Bonchev–Trinajstić information content (AvgIpc) is 2.56. The molecule has 2 aromatic rings. The summed E-state index contributed by atoms with van der Waals surface area (Å²) in [7, 11) is -3.64. The molecule has 2 N–H and O–H groups in total. The van der Waals surface area contributed by atoms with E-state index in [1.54, 1.807) is 26.0 Å². The molecular formula is C20H26N2O3S. The predicted octanol–water partition coefficient (Wildman–Crippen LogP) is 3.48. The molecule has 140 valence electrons. The van der Waals surface area contributed by atoms with Crippen molar-refractivity contribution in [1.82, 2.24) is 10.0 Å². The quantitative estimate of drug-likeness (QED) is 0.813. The summed E-state index contributed by atoms with van der Waals surface area (Å²) in [6.07, 6.45) is 0. The smallest absolute Gasteiger partial charge is 0.251 e. The minimum absolute atomic E-state index is 0.0817. The van der Waals surface area contributed by atoms with Gasteiger partial charge in [0.25, 0.3) is 5.91 Å². The summed E-state index contributed by atoms with van der Waals surface area (Å²) in [5.74, 6) is -0.306. The van der Waals surface area contributed by atoms with Gasteiger partial charge in [0.1, 0.15) is 0 Å². The summed E-state index contributed by atoms with van der Waals surface area (Å²) >= 11 is 0. The van der Waals surface area contributed by atoms with Crippen LogP contribution in [0.2, 0.25) is 0 Å². The standard InChI is InChI=1S/C20H26N2O3S/c1-13(2)22-26(24,25)18-8-6-7-17(12-18)20(23)21-16(5)19-11-14(3)9-10-15(19)4/h6-13,16,22H,1-5H3,(H,21,23). The fraction of sp³-hybridized carbons (Fsp3) is 0.350. The molecule has 0 saturated carbocycles. The Labute approximate surface area is 155 Å². The van der Waals surface area contributed by atoms with Crippen LogP contribution in [0.3, 0.4) is 0 Å². The first-order valence-corrected chi connectivity index (χ1v) is 10.1. The Morgan fingerprint density at radius 1 is 1.00 bits per heavy atom. The van der Waals surface area contributed by atoms with Crippen LogP contribution >= 0.6 is 0 Å². The first-order valence-electron chi connectivity index (χ1n) is 8.60. The zero-order chi connectivity index (χ0) is 19.5. The molecule has 1 amide bonds. The van der Waals surface area contributed by atoms with Crippen molar-refractivity contribution in [1.29, 1.82) is 0 Å². The zero-order valence-corrected chi connectivity index (χ0v) is 16.6. The van der Waals surface area contributed by atoms with Gasteiger partial charge in [0.05, 0.1) is 10.9 Å². The Morgan fingerprint density at radius 2 is 1.69 bits per heavy atom. The molecule has 2 aromatic carbocycles.